The molecule has 1 unspecified atom stereocenters. The first-order valence-electron chi connectivity index (χ1n) is 4.97. The minimum Gasteiger partial charge on any atom is -0.102 e. The molecule has 0 nitrogen and oxygen atoms in total. The van der Waals surface area contributed by atoms with Crippen molar-refractivity contribution < 1.29 is 0 Å². The van der Waals surface area contributed by atoms with E-state index in [1.54, 1.807) is 11.8 Å². The fourth-order valence-corrected chi connectivity index (χ4v) is 3.25. The molecule has 0 radical (unpaired) electrons. The quantitative estimate of drug-likeness (QED) is 0.676. The van der Waals surface area contributed by atoms with E-state index >= 15 is 0 Å². The van der Waals surface area contributed by atoms with E-state index < -0.39 is 0 Å². The summed E-state index contributed by atoms with van der Waals surface area (Å²) in [5, 5.41) is 0. The van der Waals surface area contributed by atoms with Gasteiger partial charge in [-0.3, -0.25) is 0 Å². The zero-order chi connectivity index (χ0) is 10.7. The van der Waals surface area contributed by atoms with Crippen molar-refractivity contribution in [1.29, 1.82) is 0 Å². The zero-order valence-electron chi connectivity index (χ0n) is 8.61. The van der Waals surface area contributed by atoms with Crippen LogP contribution in [0.4, 0.5) is 0 Å². The molecule has 1 aliphatic carbocycles. The number of allylic oxidation sites excluding steroid dienone is 3. The normalized spacial score (nSPS) is 25.1. The van der Waals surface area contributed by atoms with Crippen LogP contribution in [-0.4, -0.2) is 4.21 Å². The molecule has 0 spiro atoms. The van der Waals surface area contributed by atoms with Crippen molar-refractivity contribution in [2.45, 2.75) is 22.4 Å². The maximum atomic E-state index is 6.54. The van der Waals surface area contributed by atoms with Crippen LogP contribution in [0.1, 0.15) is 13.3 Å². The van der Waals surface area contributed by atoms with Crippen molar-refractivity contribution in [1.82, 2.24) is 0 Å². The van der Waals surface area contributed by atoms with Gasteiger partial charge in [-0.1, -0.05) is 53.8 Å². The van der Waals surface area contributed by atoms with Gasteiger partial charge < -0.3 is 0 Å². The molecular formula is C13H13ClS. The Morgan fingerprint density at radius 3 is 2.67 bits per heavy atom. The molecular weight excluding hydrogens is 224 g/mol. The SMILES string of the molecule is CC1=CC(Cl)(Sc2ccccc2)CC=C1. The summed E-state index contributed by atoms with van der Waals surface area (Å²) >= 11 is 8.25. The molecule has 2 rings (SSSR count). The number of benzene rings is 1. The summed E-state index contributed by atoms with van der Waals surface area (Å²) in [6.07, 6.45) is 7.27. The molecule has 0 heterocycles. The van der Waals surface area contributed by atoms with Crippen LogP contribution in [0.2, 0.25) is 0 Å². The zero-order valence-corrected chi connectivity index (χ0v) is 10.2. The third kappa shape index (κ3) is 2.90. The highest BCUT2D eigenvalue weighted by molar-refractivity contribution is 8.02. The van der Waals surface area contributed by atoms with E-state index in [1.807, 2.05) is 18.2 Å². The smallest absolute Gasteiger partial charge is 0.102 e. The molecule has 0 fully saturated rings. The number of halogens is 1. The number of hydrogen-bond acceptors (Lipinski definition) is 1. The molecule has 1 aromatic rings. The van der Waals surface area contributed by atoms with E-state index in [1.165, 1.54) is 10.5 Å². The highest BCUT2D eigenvalue weighted by Crippen LogP contribution is 2.43. The Morgan fingerprint density at radius 2 is 2.00 bits per heavy atom. The van der Waals surface area contributed by atoms with Gasteiger partial charge in [0.05, 0.1) is 0 Å². The van der Waals surface area contributed by atoms with Gasteiger partial charge in [-0.25, -0.2) is 0 Å². The lowest BCUT2D eigenvalue weighted by atomic mass is 10.1. The maximum absolute atomic E-state index is 6.54. The molecule has 0 amide bonds. The average Bonchev–Trinajstić information content (AvgIpc) is 2.18. The largest absolute Gasteiger partial charge is 0.116 e. The summed E-state index contributed by atoms with van der Waals surface area (Å²) in [6.45, 7) is 2.08. The minimum absolute atomic E-state index is 0.305. The van der Waals surface area contributed by atoms with Crippen LogP contribution in [0.5, 0.6) is 0 Å². The summed E-state index contributed by atoms with van der Waals surface area (Å²) < 4.78 is -0.305. The van der Waals surface area contributed by atoms with Crippen LogP contribution in [0.3, 0.4) is 0 Å². The van der Waals surface area contributed by atoms with Crippen LogP contribution in [0.15, 0.2) is 59.0 Å². The molecule has 2 heteroatoms. The Kier molecular flexibility index (Phi) is 3.22. The van der Waals surface area contributed by atoms with Gasteiger partial charge in [0.15, 0.2) is 0 Å². The highest BCUT2D eigenvalue weighted by Gasteiger charge is 2.26. The number of thioether (sulfide) groups is 1. The van der Waals surface area contributed by atoms with Crippen molar-refractivity contribution in [3.63, 3.8) is 0 Å². The average molecular weight is 237 g/mol. The fourth-order valence-electron chi connectivity index (χ4n) is 1.61. The second-order valence-corrected chi connectivity index (χ2v) is 6.00. The maximum Gasteiger partial charge on any atom is 0.116 e. The van der Waals surface area contributed by atoms with Crippen LogP contribution < -0.4 is 0 Å². The van der Waals surface area contributed by atoms with E-state index in [0.717, 1.165) is 6.42 Å². The third-order valence-corrected chi connectivity index (χ3v) is 3.88. The molecule has 0 N–H and O–H groups in total. The van der Waals surface area contributed by atoms with Crippen molar-refractivity contribution in [2.75, 3.05) is 0 Å². The molecule has 1 aromatic carbocycles. The van der Waals surface area contributed by atoms with E-state index in [-0.39, 0.29) is 4.21 Å². The van der Waals surface area contributed by atoms with Gasteiger partial charge in [0.25, 0.3) is 0 Å². The summed E-state index contributed by atoms with van der Waals surface area (Å²) in [5.74, 6) is 0. The van der Waals surface area contributed by atoms with Crippen molar-refractivity contribution >= 4 is 23.4 Å². The molecule has 78 valence electrons. The summed E-state index contributed by atoms with van der Waals surface area (Å²) in [5.41, 5.74) is 1.24. The first-order chi connectivity index (χ1) is 7.18. The molecule has 1 atom stereocenters. The van der Waals surface area contributed by atoms with Crippen LogP contribution in [0.25, 0.3) is 0 Å². The van der Waals surface area contributed by atoms with Gasteiger partial charge in [0.2, 0.25) is 0 Å². The van der Waals surface area contributed by atoms with Gasteiger partial charge in [-0.05, 0) is 25.5 Å². The minimum atomic E-state index is -0.305. The van der Waals surface area contributed by atoms with Gasteiger partial charge in [0, 0.05) is 4.90 Å². The lowest BCUT2D eigenvalue weighted by Crippen LogP contribution is -2.14. The molecule has 0 aliphatic heterocycles. The molecule has 0 saturated carbocycles. The first-order valence-corrected chi connectivity index (χ1v) is 6.16. The van der Waals surface area contributed by atoms with Crippen LogP contribution in [-0.2, 0) is 0 Å². The second kappa shape index (κ2) is 4.46. The van der Waals surface area contributed by atoms with Crippen molar-refractivity contribution in [3.8, 4) is 0 Å². The number of rotatable bonds is 2. The summed E-state index contributed by atoms with van der Waals surface area (Å²) in [6, 6.07) is 10.3. The van der Waals surface area contributed by atoms with Gasteiger partial charge in [-0.15, -0.1) is 11.6 Å². The van der Waals surface area contributed by atoms with E-state index in [0.29, 0.717) is 0 Å². The molecule has 1 aliphatic rings. The number of alkyl halides is 1. The van der Waals surface area contributed by atoms with Crippen LogP contribution >= 0.6 is 23.4 Å². The molecule has 0 bridgehead atoms. The van der Waals surface area contributed by atoms with Gasteiger partial charge >= 0.3 is 0 Å². The molecule has 0 saturated heterocycles. The van der Waals surface area contributed by atoms with E-state index in [2.05, 4.69) is 37.3 Å². The Morgan fingerprint density at radius 1 is 1.27 bits per heavy atom. The van der Waals surface area contributed by atoms with Crippen LogP contribution in [0, 0.1) is 0 Å². The predicted molar refractivity (Wildman–Crippen MR) is 68.4 cm³/mol. The predicted octanol–water partition coefficient (Wildman–Crippen LogP) is 4.62. The van der Waals surface area contributed by atoms with E-state index in [4.69, 9.17) is 11.6 Å². The highest BCUT2D eigenvalue weighted by atomic mass is 35.5. The Hall–Kier alpha value is -0.660. The molecule has 15 heavy (non-hydrogen) atoms. The molecule has 0 aromatic heterocycles. The van der Waals surface area contributed by atoms with Crippen molar-refractivity contribution in [3.05, 3.63) is 54.1 Å². The first kappa shape index (κ1) is 10.8. The third-order valence-electron chi connectivity index (χ3n) is 2.25. The number of hydrogen-bond donors (Lipinski definition) is 0. The Balaban J connectivity index is 2.16. The second-order valence-electron chi connectivity index (χ2n) is 3.70. The van der Waals surface area contributed by atoms with Gasteiger partial charge in [0.1, 0.15) is 4.21 Å². The lowest BCUT2D eigenvalue weighted by molar-refractivity contribution is 0.957. The standard InChI is InChI=1S/C13H13ClS/c1-11-6-5-9-13(14,10-11)15-12-7-3-2-4-8-12/h2-8,10H,9H2,1H3. The monoisotopic (exact) mass is 236 g/mol. The Labute approximate surface area is 100 Å². The van der Waals surface area contributed by atoms with E-state index in [9.17, 15) is 0 Å². The Bertz CT molecular complexity index is 394. The topological polar surface area (TPSA) is 0 Å². The van der Waals surface area contributed by atoms with Gasteiger partial charge in [-0.2, -0.15) is 0 Å². The summed E-state index contributed by atoms with van der Waals surface area (Å²) in [7, 11) is 0. The fraction of sp³-hybridized carbons (Fsp3) is 0.231. The lowest BCUT2D eigenvalue weighted by Gasteiger charge is -2.24. The summed E-state index contributed by atoms with van der Waals surface area (Å²) in [4.78, 5) is 1.21. The van der Waals surface area contributed by atoms with Crippen molar-refractivity contribution in [2.24, 2.45) is 0 Å².